The van der Waals surface area contributed by atoms with Crippen LogP contribution in [0.2, 0.25) is 0 Å². The second kappa shape index (κ2) is 7.25. The number of benzene rings is 2. The number of aromatic amines is 1. The number of fused-ring (bicyclic) bond motifs is 1. The number of para-hydroxylation sites is 1. The molecule has 0 saturated carbocycles. The highest BCUT2D eigenvalue weighted by Gasteiger charge is 2.15. The topological polar surface area (TPSA) is 66.1 Å². The number of aromatic nitrogens is 2. The van der Waals surface area contributed by atoms with E-state index in [-0.39, 0.29) is 23.8 Å². The molecular weight excluding hydrogens is 321 g/mol. The first-order chi connectivity index (χ1) is 12.1. The summed E-state index contributed by atoms with van der Waals surface area (Å²) in [7, 11) is 0. The number of amides is 1. The van der Waals surface area contributed by atoms with Crippen LogP contribution < -0.4 is 5.56 Å². The van der Waals surface area contributed by atoms with Crippen molar-refractivity contribution in [2.75, 3.05) is 0 Å². The molecule has 3 aromatic rings. The molecule has 0 unspecified atom stereocenters. The lowest BCUT2D eigenvalue weighted by Crippen LogP contribution is -2.31. The zero-order valence-electron chi connectivity index (χ0n) is 13.8. The molecule has 0 bridgehead atoms. The van der Waals surface area contributed by atoms with E-state index >= 15 is 0 Å². The lowest BCUT2D eigenvalue weighted by Gasteiger charge is -2.22. The second-order valence-electron chi connectivity index (χ2n) is 5.76. The largest absolute Gasteiger partial charge is 0.331 e. The number of hydrogen-bond donors (Lipinski definition) is 1. The lowest BCUT2D eigenvalue weighted by molar-refractivity contribution is -0.132. The molecule has 0 atom stereocenters. The summed E-state index contributed by atoms with van der Waals surface area (Å²) in [5.74, 6) is 0.0328. The number of hydrogen-bond acceptors (Lipinski definition) is 3. The summed E-state index contributed by atoms with van der Waals surface area (Å²) in [5.41, 5.74) is 1.17. The SMILES string of the molecule is CCC(=O)N(Cc1ccc(F)cc1)Cc1nc2ccccc2c(=O)[nH]1. The maximum absolute atomic E-state index is 13.1. The van der Waals surface area contributed by atoms with Crippen LogP contribution in [0, 0.1) is 5.82 Å². The van der Waals surface area contributed by atoms with Gasteiger partial charge in [0.1, 0.15) is 11.6 Å². The molecule has 0 fully saturated rings. The van der Waals surface area contributed by atoms with Gasteiger partial charge >= 0.3 is 0 Å². The standard InChI is InChI=1S/C19H18FN3O2/c1-2-18(24)23(11-13-7-9-14(20)10-8-13)12-17-21-16-6-4-3-5-15(16)19(25)22-17/h3-10H,2,11-12H2,1H3,(H,21,22,25). The van der Waals surface area contributed by atoms with Crippen LogP contribution in [0.15, 0.2) is 53.3 Å². The highest BCUT2D eigenvalue weighted by molar-refractivity contribution is 5.77. The fourth-order valence-electron chi connectivity index (χ4n) is 2.66. The van der Waals surface area contributed by atoms with Crippen LogP contribution in [-0.4, -0.2) is 20.8 Å². The molecule has 1 N–H and O–H groups in total. The molecule has 0 aliphatic carbocycles. The van der Waals surface area contributed by atoms with Crippen molar-refractivity contribution >= 4 is 16.8 Å². The first-order valence-corrected chi connectivity index (χ1v) is 8.07. The van der Waals surface area contributed by atoms with Gasteiger partial charge in [-0.3, -0.25) is 9.59 Å². The van der Waals surface area contributed by atoms with E-state index in [1.54, 1.807) is 42.2 Å². The van der Waals surface area contributed by atoms with Crippen molar-refractivity contribution in [3.05, 3.63) is 76.1 Å². The van der Waals surface area contributed by atoms with E-state index in [0.717, 1.165) is 5.56 Å². The van der Waals surface area contributed by atoms with Gasteiger partial charge in [0.2, 0.25) is 5.91 Å². The van der Waals surface area contributed by atoms with Crippen LogP contribution in [0.5, 0.6) is 0 Å². The molecule has 0 saturated heterocycles. The molecule has 25 heavy (non-hydrogen) atoms. The van der Waals surface area contributed by atoms with Crippen molar-refractivity contribution in [3.63, 3.8) is 0 Å². The van der Waals surface area contributed by atoms with Crippen molar-refractivity contribution in [3.8, 4) is 0 Å². The normalized spacial score (nSPS) is 10.8. The summed E-state index contributed by atoms with van der Waals surface area (Å²) in [6.07, 6.45) is 0.332. The summed E-state index contributed by atoms with van der Waals surface area (Å²) in [6.45, 7) is 2.28. The highest BCUT2D eigenvalue weighted by Crippen LogP contribution is 2.12. The number of rotatable bonds is 5. The molecule has 0 spiro atoms. The van der Waals surface area contributed by atoms with Gasteiger partial charge in [-0.25, -0.2) is 9.37 Å². The number of carbonyl (C=O) groups is 1. The van der Waals surface area contributed by atoms with E-state index in [2.05, 4.69) is 9.97 Å². The van der Waals surface area contributed by atoms with Gasteiger partial charge in [-0.15, -0.1) is 0 Å². The maximum atomic E-state index is 13.1. The van der Waals surface area contributed by atoms with Crippen LogP contribution in [0.4, 0.5) is 4.39 Å². The quantitative estimate of drug-likeness (QED) is 0.777. The number of nitrogens with one attached hydrogen (secondary N) is 1. The third-order valence-electron chi connectivity index (χ3n) is 3.94. The summed E-state index contributed by atoms with van der Waals surface area (Å²) >= 11 is 0. The Labute approximate surface area is 144 Å². The minimum absolute atomic E-state index is 0.0693. The van der Waals surface area contributed by atoms with E-state index in [1.165, 1.54) is 12.1 Å². The Morgan fingerprint density at radius 3 is 2.56 bits per heavy atom. The molecule has 0 radical (unpaired) electrons. The Hall–Kier alpha value is -3.02. The van der Waals surface area contributed by atoms with E-state index < -0.39 is 0 Å². The molecule has 1 aromatic heterocycles. The van der Waals surface area contributed by atoms with E-state index in [9.17, 15) is 14.0 Å². The van der Waals surface area contributed by atoms with Crippen LogP contribution in [0.3, 0.4) is 0 Å². The Morgan fingerprint density at radius 1 is 1.12 bits per heavy atom. The van der Waals surface area contributed by atoms with Gasteiger partial charge in [0, 0.05) is 13.0 Å². The number of carbonyl (C=O) groups excluding carboxylic acids is 1. The van der Waals surface area contributed by atoms with Gasteiger partial charge in [-0.05, 0) is 29.8 Å². The lowest BCUT2D eigenvalue weighted by atomic mass is 10.2. The molecule has 1 amide bonds. The Kier molecular flexibility index (Phi) is 4.88. The number of H-pyrrole nitrogens is 1. The smallest absolute Gasteiger partial charge is 0.258 e. The second-order valence-corrected chi connectivity index (χ2v) is 5.76. The summed E-state index contributed by atoms with van der Waals surface area (Å²) < 4.78 is 13.1. The van der Waals surface area contributed by atoms with E-state index in [0.29, 0.717) is 29.7 Å². The minimum Gasteiger partial charge on any atom is -0.331 e. The predicted molar refractivity (Wildman–Crippen MR) is 93.3 cm³/mol. The van der Waals surface area contributed by atoms with Crippen molar-refractivity contribution in [1.29, 1.82) is 0 Å². The Bertz CT molecular complexity index is 951. The zero-order chi connectivity index (χ0) is 17.8. The van der Waals surface area contributed by atoms with Crippen LogP contribution >= 0.6 is 0 Å². The van der Waals surface area contributed by atoms with Crippen LogP contribution in [0.25, 0.3) is 10.9 Å². The molecule has 1 heterocycles. The van der Waals surface area contributed by atoms with E-state index in [1.807, 2.05) is 6.07 Å². The molecule has 6 heteroatoms. The fourth-order valence-corrected chi connectivity index (χ4v) is 2.66. The molecular formula is C19H18FN3O2. The van der Waals surface area contributed by atoms with Crippen molar-refractivity contribution in [1.82, 2.24) is 14.9 Å². The van der Waals surface area contributed by atoms with Gasteiger partial charge in [-0.1, -0.05) is 31.2 Å². The van der Waals surface area contributed by atoms with Crippen molar-refractivity contribution < 1.29 is 9.18 Å². The average Bonchev–Trinajstić information content (AvgIpc) is 2.62. The van der Waals surface area contributed by atoms with Gasteiger partial charge in [0.05, 0.1) is 17.4 Å². The number of nitrogens with zero attached hydrogens (tertiary/aromatic N) is 2. The first-order valence-electron chi connectivity index (χ1n) is 8.07. The third kappa shape index (κ3) is 3.91. The van der Waals surface area contributed by atoms with Gasteiger partial charge in [0.15, 0.2) is 0 Å². The Morgan fingerprint density at radius 2 is 1.84 bits per heavy atom. The summed E-state index contributed by atoms with van der Waals surface area (Å²) in [6, 6.07) is 13.1. The monoisotopic (exact) mass is 339 g/mol. The maximum Gasteiger partial charge on any atom is 0.258 e. The minimum atomic E-state index is -0.322. The average molecular weight is 339 g/mol. The first kappa shape index (κ1) is 16.8. The van der Waals surface area contributed by atoms with Gasteiger partial charge < -0.3 is 9.88 Å². The summed E-state index contributed by atoms with van der Waals surface area (Å²) in [5, 5.41) is 0.512. The molecule has 128 valence electrons. The van der Waals surface area contributed by atoms with Crippen LogP contribution in [-0.2, 0) is 17.9 Å². The summed E-state index contributed by atoms with van der Waals surface area (Å²) in [4.78, 5) is 33.2. The van der Waals surface area contributed by atoms with Gasteiger partial charge in [0.25, 0.3) is 5.56 Å². The molecule has 0 aliphatic rings. The molecule has 3 rings (SSSR count). The van der Waals surface area contributed by atoms with Crippen molar-refractivity contribution in [2.45, 2.75) is 26.4 Å². The molecule has 5 nitrogen and oxygen atoms in total. The highest BCUT2D eigenvalue weighted by atomic mass is 19.1. The van der Waals surface area contributed by atoms with Crippen molar-refractivity contribution in [2.24, 2.45) is 0 Å². The van der Waals surface area contributed by atoms with Crippen LogP contribution in [0.1, 0.15) is 24.7 Å². The van der Waals surface area contributed by atoms with E-state index in [4.69, 9.17) is 0 Å². The zero-order valence-corrected chi connectivity index (χ0v) is 13.8. The molecule has 0 aliphatic heterocycles. The Balaban J connectivity index is 1.88. The molecule has 2 aromatic carbocycles. The number of halogens is 1. The predicted octanol–water partition coefficient (Wildman–Crippen LogP) is 3.00. The third-order valence-corrected chi connectivity index (χ3v) is 3.94. The fraction of sp³-hybridized carbons (Fsp3) is 0.211. The van der Waals surface area contributed by atoms with Gasteiger partial charge in [-0.2, -0.15) is 0 Å².